The van der Waals surface area contributed by atoms with Crippen molar-refractivity contribution in [3.63, 3.8) is 0 Å². The second-order valence-corrected chi connectivity index (χ2v) is 5.85. The third-order valence-corrected chi connectivity index (χ3v) is 3.79. The summed E-state index contributed by atoms with van der Waals surface area (Å²) in [7, 11) is 0. The van der Waals surface area contributed by atoms with E-state index in [-0.39, 0.29) is 11.1 Å². The van der Waals surface area contributed by atoms with Gasteiger partial charge in [0.2, 0.25) is 0 Å². The summed E-state index contributed by atoms with van der Waals surface area (Å²) in [5.41, 5.74) is 0.338. The Morgan fingerprint density at radius 1 is 1.44 bits per heavy atom. The van der Waals surface area contributed by atoms with Gasteiger partial charge in [-0.15, -0.1) is 11.3 Å². The zero-order valence-electron chi connectivity index (χ0n) is 9.54. The number of thiophene rings is 1. The van der Waals surface area contributed by atoms with Crippen LogP contribution in [-0.4, -0.2) is 10.9 Å². The molecule has 3 nitrogen and oxygen atoms in total. The van der Waals surface area contributed by atoms with E-state index in [0.29, 0.717) is 17.1 Å². The van der Waals surface area contributed by atoms with Gasteiger partial charge >= 0.3 is 0 Å². The SMILES string of the molecule is Cc1ccc(CNC(=O)c2cc(Cl)ncc2Cl)s1. The van der Waals surface area contributed by atoms with E-state index in [0.717, 1.165) is 4.88 Å². The molecule has 0 saturated carbocycles. The van der Waals surface area contributed by atoms with Gasteiger partial charge in [0.1, 0.15) is 5.15 Å². The summed E-state index contributed by atoms with van der Waals surface area (Å²) in [6, 6.07) is 5.46. The minimum absolute atomic E-state index is 0.247. The quantitative estimate of drug-likeness (QED) is 0.879. The van der Waals surface area contributed by atoms with E-state index < -0.39 is 0 Å². The second kappa shape index (κ2) is 5.69. The zero-order chi connectivity index (χ0) is 13.1. The molecule has 2 rings (SSSR count). The van der Waals surface area contributed by atoms with E-state index in [1.807, 2.05) is 19.1 Å². The van der Waals surface area contributed by atoms with Gasteiger partial charge in [-0.1, -0.05) is 23.2 Å². The molecule has 18 heavy (non-hydrogen) atoms. The lowest BCUT2D eigenvalue weighted by Gasteiger charge is -2.05. The van der Waals surface area contributed by atoms with Crippen LogP contribution in [0, 0.1) is 6.92 Å². The highest BCUT2D eigenvalue weighted by Gasteiger charge is 2.11. The molecule has 6 heteroatoms. The number of carbonyl (C=O) groups is 1. The van der Waals surface area contributed by atoms with Crippen LogP contribution in [0.5, 0.6) is 0 Å². The highest BCUT2D eigenvalue weighted by molar-refractivity contribution is 7.11. The number of pyridine rings is 1. The molecule has 0 fully saturated rings. The Hall–Kier alpha value is -1.10. The predicted octanol–water partition coefficient (Wildman–Crippen LogP) is 3.69. The van der Waals surface area contributed by atoms with Gasteiger partial charge in [-0.25, -0.2) is 4.98 Å². The summed E-state index contributed by atoms with van der Waals surface area (Å²) < 4.78 is 0. The van der Waals surface area contributed by atoms with Crippen molar-refractivity contribution >= 4 is 40.4 Å². The lowest BCUT2D eigenvalue weighted by Crippen LogP contribution is -2.22. The van der Waals surface area contributed by atoms with Crippen LogP contribution >= 0.6 is 34.5 Å². The number of halogens is 2. The van der Waals surface area contributed by atoms with Gasteiger partial charge in [0.25, 0.3) is 5.91 Å². The van der Waals surface area contributed by atoms with Crippen LogP contribution in [0.4, 0.5) is 0 Å². The van der Waals surface area contributed by atoms with Crippen LogP contribution in [0.3, 0.4) is 0 Å². The van der Waals surface area contributed by atoms with Gasteiger partial charge in [0, 0.05) is 16.0 Å². The molecule has 94 valence electrons. The van der Waals surface area contributed by atoms with Gasteiger partial charge < -0.3 is 5.32 Å². The van der Waals surface area contributed by atoms with Crippen LogP contribution in [0.15, 0.2) is 24.4 Å². The van der Waals surface area contributed by atoms with Gasteiger partial charge in [0.15, 0.2) is 0 Å². The second-order valence-electron chi connectivity index (χ2n) is 3.68. The van der Waals surface area contributed by atoms with Crippen molar-refractivity contribution in [2.45, 2.75) is 13.5 Å². The molecule has 0 saturated heterocycles. The third kappa shape index (κ3) is 3.22. The molecule has 0 spiro atoms. The summed E-state index contributed by atoms with van der Waals surface area (Å²) in [5.74, 6) is -0.254. The van der Waals surface area contributed by atoms with E-state index >= 15 is 0 Å². The fraction of sp³-hybridized carbons (Fsp3) is 0.167. The minimum Gasteiger partial charge on any atom is -0.347 e. The number of amides is 1. The maximum Gasteiger partial charge on any atom is 0.253 e. The smallest absolute Gasteiger partial charge is 0.253 e. The Morgan fingerprint density at radius 2 is 2.22 bits per heavy atom. The van der Waals surface area contributed by atoms with Crippen LogP contribution in [0.1, 0.15) is 20.1 Å². The summed E-state index contributed by atoms with van der Waals surface area (Å²) in [6.07, 6.45) is 1.37. The Labute approximate surface area is 119 Å². The standard InChI is InChI=1S/C12H10Cl2N2OS/c1-7-2-3-8(18-7)5-16-12(17)9-4-11(14)15-6-10(9)13/h2-4,6H,5H2,1H3,(H,16,17). The van der Waals surface area contributed by atoms with Gasteiger partial charge in [-0.05, 0) is 25.1 Å². The number of hydrogen-bond donors (Lipinski definition) is 1. The lowest BCUT2D eigenvalue weighted by molar-refractivity contribution is 0.0951. The highest BCUT2D eigenvalue weighted by Crippen LogP contribution is 2.19. The number of carbonyl (C=O) groups excluding carboxylic acids is 1. The fourth-order valence-corrected chi connectivity index (χ4v) is 2.61. The Kier molecular flexibility index (Phi) is 4.22. The largest absolute Gasteiger partial charge is 0.347 e. The first kappa shape index (κ1) is 13.3. The summed E-state index contributed by atoms with van der Waals surface area (Å²) in [6.45, 7) is 2.50. The first-order valence-electron chi connectivity index (χ1n) is 5.21. The van der Waals surface area contributed by atoms with Crippen molar-refractivity contribution in [2.24, 2.45) is 0 Å². The molecule has 1 N–H and O–H groups in total. The first-order valence-corrected chi connectivity index (χ1v) is 6.78. The summed E-state index contributed by atoms with van der Waals surface area (Å²) >= 11 is 13.3. The first-order chi connectivity index (χ1) is 8.56. The number of aryl methyl sites for hydroxylation is 1. The lowest BCUT2D eigenvalue weighted by atomic mass is 10.2. The van der Waals surface area contributed by atoms with Crippen LogP contribution in [-0.2, 0) is 6.54 Å². The van der Waals surface area contributed by atoms with E-state index in [1.54, 1.807) is 11.3 Å². The average molecular weight is 301 g/mol. The molecule has 0 unspecified atom stereocenters. The van der Waals surface area contributed by atoms with Crippen molar-refractivity contribution < 1.29 is 4.79 Å². The number of aromatic nitrogens is 1. The molecule has 0 aliphatic rings. The van der Waals surface area contributed by atoms with Crippen molar-refractivity contribution in [2.75, 3.05) is 0 Å². The Bertz CT molecular complexity index is 583. The van der Waals surface area contributed by atoms with Crippen LogP contribution in [0.2, 0.25) is 10.2 Å². The number of hydrogen-bond acceptors (Lipinski definition) is 3. The van der Waals surface area contributed by atoms with Gasteiger partial charge in [-0.2, -0.15) is 0 Å². The molecule has 0 bridgehead atoms. The molecular formula is C12H10Cl2N2OS. The maximum atomic E-state index is 11.9. The third-order valence-electron chi connectivity index (χ3n) is 2.29. The van der Waals surface area contributed by atoms with Crippen LogP contribution < -0.4 is 5.32 Å². The normalized spacial score (nSPS) is 10.4. The van der Waals surface area contributed by atoms with E-state index in [1.165, 1.54) is 17.1 Å². The number of nitrogens with zero attached hydrogens (tertiary/aromatic N) is 1. The summed E-state index contributed by atoms with van der Waals surface area (Å²) in [4.78, 5) is 18.0. The molecule has 2 heterocycles. The predicted molar refractivity (Wildman–Crippen MR) is 74.5 cm³/mol. The van der Waals surface area contributed by atoms with Gasteiger partial charge in [-0.3, -0.25) is 4.79 Å². The van der Waals surface area contributed by atoms with Crippen LogP contribution in [0.25, 0.3) is 0 Å². The van der Waals surface area contributed by atoms with E-state index in [4.69, 9.17) is 23.2 Å². The monoisotopic (exact) mass is 300 g/mol. The Balaban J connectivity index is 2.05. The van der Waals surface area contributed by atoms with Crippen molar-refractivity contribution in [1.82, 2.24) is 10.3 Å². The van der Waals surface area contributed by atoms with Crippen molar-refractivity contribution in [3.8, 4) is 0 Å². The fourth-order valence-electron chi connectivity index (χ4n) is 1.43. The average Bonchev–Trinajstić information content (AvgIpc) is 2.75. The summed E-state index contributed by atoms with van der Waals surface area (Å²) in [5, 5.41) is 3.33. The molecule has 2 aromatic rings. The molecule has 0 aromatic carbocycles. The molecule has 1 amide bonds. The van der Waals surface area contributed by atoms with E-state index in [9.17, 15) is 4.79 Å². The van der Waals surface area contributed by atoms with Crippen molar-refractivity contribution in [1.29, 1.82) is 0 Å². The van der Waals surface area contributed by atoms with Gasteiger partial charge in [0.05, 0.1) is 17.1 Å². The van der Waals surface area contributed by atoms with Crippen molar-refractivity contribution in [3.05, 3.63) is 49.9 Å². The molecular weight excluding hydrogens is 291 g/mol. The molecule has 0 aliphatic carbocycles. The number of nitrogens with one attached hydrogen (secondary N) is 1. The molecule has 0 atom stereocenters. The molecule has 0 radical (unpaired) electrons. The van der Waals surface area contributed by atoms with E-state index in [2.05, 4.69) is 10.3 Å². The minimum atomic E-state index is -0.254. The molecule has 2 aromatic heterocycles. The zero-order valence-corrected chi connectivity index (χ0v) is 11.9. The highest BCUT2D eigenvalue weighted by atomic mass is 35.5. The molecule has 0 aliphatic heterocycles. The topological polar surface area (TPSA) is 42.0 Å². The number of rotatable bonds is 3. The Morgan fingerprint density at radius 3 is 2.89 bits per heavy atom. The maximum absolute atomic E-state index is 11.9.